The van der Waals surface area contributed by atoms with E-state index >= 15 is 0 Å². The third-order valence-corrected chi connectivity index (χ3v) is 6.88. The molecule has 0 radical (unpaired) electrons. The highest BCUT2D eigenvalue weighted by atomic mass is 32.1. The zero-order valence-corrected chi connectivity index (χ0v) is 21.5. The van der Waals surface area contributed by atoms with Gasteiger partial charge in [-0.2, -0.15) is 8.78 Å². The summed E-state index contributed by atoms with van der Waals surface area (Å²) in [4.78, 5) is 21.8. The molecule has 0 N–H and O–H groups in total. The van der Waals surface area contributed by atoms with Gasteiger partial charge in [0, 0.05) is 12.6 Å². The van der Waals surface area contributed by atoms with Gasteiger partial charge in [-0.3, -0.25) is 9.36 Å². The van der Waals surface area contributed by atoms with Crippen molar-refractivity contribution in [3.63, 3.8) is 0 Å². The second kappa shape index (κ2) is 9.88. The maximum Gasteiger partial charge on any atom is 0.387 e. The summed E-state index contributed by atoms with van der Waals surface area (Å²) in [7, 11) is 5.61. The fourth-order valence-electron chi connectivity index (χ4n) is 4.47. The van der Waals surface area contributed by atoms with E-state index in [-0.39, 0.29) is 28.9 Å². The summed E-state index contributed by atoms with van der Waals surface area (Å²) in [5, 5.41) is 9.78. The van der Waals surface area contributed by atoms with Crippen LogP contribution < -0.4 is 4.74 Å². The van der Waals surface area contributed by atoms with E-state index in [1.807, 2.05) is 44.1 Å². The molecular formula is C26H24F2N6O2S. The smallest absolute Gasteiger partial charge is 0.387 e. The molecule has 8 nitrogen and oxygen atoms in total. The number of benzene rings is 2. The van der Waals surface area contributed by atoms with Crippen molar-refractivity contribution in [2.75, 3.05) is 21.1 Å². The molecule has 1 unspecified atom stereocenters. The number of aromatic nitrogens is 4. The normalized spacial score (nSPS) is 15.0. The molecule has 1 atom stereocenters. The maximum atomic E-state index is 13.3. The summed E-state index contributed by atoms with van der Waals surface area (Å²) < 4.78 is 33.3. The standard InChI is InChI=1S/C26H24F2N6O2S/c1-5-18-24-29-17-11-9-15(10-12-21-30-31-22(37-21)14-32(2)3)13-19(17)34(24)23-16(25(35)33(18)4)7-6-8-20(23)36-26(27)28/h6-9,11,13,18,26H,5,14H2,1-4H3. The summed E-state index contributed by atoms with van der Waals surface area (Å²) >= 11 is 1.43. The van der Waals surface area contributed by atoms with E-state index in [1.54, 1.807) is 22.6 Å². The van der Waals surface area contributed by atoms with Crippen molar-refractivity contribution in [3.8, 4) is 23.3 Å². The summed E-state index contributed by atoms with van der Waals surface area (Å²) in [6.45, 7) is -0.413. The van der Waals surface area contributed by atoms with Gasteiger partial charge in [0.1, 0.15) is 16.5 Å². The molecule has 2 aromatic heterocycles. The largest absolute Gasteiger partial charge is 0.433 e. The number of hydrogen-bond donors (Lipinski definition) is 0. The van der Waals surface area contributed by atoms with Gasteiger partial charge >= 0.3 is 6.61 Å². The van der Waals surface area contributed by atoms with Crippen LogP contribution in [0.2, 0.25) is 0 Å². The topological polar surface area (TPSA) is 76.4 Å². The average Bonchev–Trinajstić information content (AvgIpc) is 3.43. The van der Waals surface area contributed by atoms with Crippen LogP contribution in [0.25, 0.3) is 16.7 Å². The van der Waals surface area contributed by atoms with E-state index in [1.165, 1.54) is 23.5 Å². The first-order valence-electron chi connectivity index (χ1n) is 11.6. The Hall–Kier alpha value is -3.88. The van der Waals surface area contributed by atoms with Gasteiger partial charge in [0.15, 0.2) is 10.8 Å². The van der Waals surface area contributed by atoms with Crippen LogP contribution in [0.1, 0.15) is 51.1 Å². The first kappa shape index (κ1) is 24.8. The Balaban J connectivity index is 1.68. The number of fused-ring (bicyclic) bond motifs is 5. The highest BCUT2D eigenvalue weighted by Crippen LogP contribution is 2.40. The van der Waals surface area contributed by atoms with Gasteiger partial charge in [0.2, 0.25) is 0 Å². The molecule has 0 saturated carbocycles. The van der Waals surface area contributed by atoms with Crippen LogP contribution >= 0.6 is 11.3 Å². The van der Waals surface area contributed by atoms with Crippen molar-refractivity contribution in [1.29, 1.82) is 0 Å². The monoisotopic (exact) mass is 522 g/mol. The number of ether oxygens (including phenoxy) is 1. The van der Waals surface area contributed by atoms with Crippen LogP contribution in [-0.4, -0.2) is 63.2 Å². The number of rotatable bonds is 5. The lowest BCUT2D eigenvalue weighted by Crippen LogP contribution is -2.30. The highest BCUT2D eigenvalue weighted by Gasteiger charge is 2.35. The Labute approximate surface area is 216 Å². The quantitative estimate of drug-likeness (QED) is 0.360. The van der Waals surface area contributed by atoms with E-state index in [2.05, 4.69) is 22.0 Å². The van der Waals surface area contributed by atoms with Gasteiger partial charge in [-0.25, -0.2) is 4.98 Å². The van der Waals surface area contributed by atoms with E-state index in [4.69, 9.17) is 9.72 Å². The Morgan fingerprint density at radius 3 is 2.73 bits per heavy atom. The van der Waals surface area contributed by atoms with Gasteiger partial charge < -0.3 is 14.5 Å². The summed E-state index contributed by atoms with van der Waals surface area (Å²) in [5.41, 5.74) is 2.49. The van der Waals surface area contributed by atoms with E-state index in [0.29, 0.717) is 40.4 Å². The van der Waals surface area contributed by atoms with Crippen molar-refractivity contribution in [3.05, 3.63) is 63.4 Å². The minimum atomic E-state index is -3.05. The lowest BCUT2D eigenvalue weighted by Gasteiger charge is -2.24. The molecule has 1 amide bonds. The number of amides is 1. The maximum absolute atomic E-state index is 13.3. The van der Waals surface area contributed by atoms with Gasteiger partial charge in [-0.05, 0) is 56.8 Å². The van der Waals surface area contributed by atoms with Crippen LogP contribution in [0.3, 0.4) is 0 Å². The first-order valence-corrected chi connectivity index (χ1v) is 12.4. The molecule has 190 valence electrons. The number of carbonyl (C=O) groups is 1. The molecule has 1 aliphatic heterocycles. The summed E-state index contributed by atoms with van der Waals surface area (Å²) in [5.74, 6) is 6.36. The number of carbonyl (C=O) groups excluding carboxylic acids is 1. The lowest BCUT2D eigenvalue weighted by atomic mass is 10.1. The molecule has 0 bridgehead atoms. The van der Waals surface area contributed by atoms with E-state index in [9.17, 15) is 13.6 Å². The number of nitrogens with zero attached hydrogens (tertiary/aromatic N) is 6. The van der Waals surface area contributed by atoms with Gasteiger partial charge in [0.05, 0.1) is 29.2 Å². The summed E-state index contributed by atoms with van der Waals surface area (Å²) in [6, 6.07) is 9.75. The Morgan fingerprint density at radius 2 is 2.00 bits per heavy atom. The molecule has 0 spiro atoms. The molecular weight excluding hydrogens is 498 g/mol. The Kier molecular flexibility index (Phi) is 6.62. The second-order valence-corrected chi connectivity index (χ2v) is 9.93. The third kappa shape index (κ3) is 4.65. The van der Waals surface area contributed by atoms with Crippen molar-refractivity contribution in [2.24, 2.45) is 0 Å². The molecule has 5 rings (SSSR count). The number of alkyl halides is 2. The van der Waals surface area contributed by atoms with Gasteiger partial charge in [-0.1, -0.05) is 30.2 Å². The second-order valence-electron chi connectivity index (χ2n) is 8.87. The van der Waals surface area contributed by atoms with Crippen LogP contribution in [0.15, 0.2) is 36.4 Å². The summed E-state index contributed by atoms with van der Waals surface area (Å²) in [6.07, 6.45) is 0.587. The van der Waals surface area contributed by atoms with E-state index in [0.717, 1.165) is 5.01 Å². The van der Waals surface area contributed by atoms with E-state index < -0.39 is 6.61 Å². The van der Waals surface area contributed by atoms with Crippen molar-refractivity contribution in [1.82, 2.24) is 29.5 Å². The zero-order valence-electron chi connectivity index (χ0n) is 20.7. The Morgan fingerprint density at radius 1 is 1.19 bits per heavy atom. The van der Waals surface area contributed by atoms with Crippen LogP contribution in [0.5, 0.6) is 5.75 Å². The van der Waals surface area contributed by atoms with Crippen LogP contribution in [0, 0.1) is 11.8 Å². The number of para-hydroxylation sites is 1. The van der Waals surface area contributed by atoms with Crippen molar-refractivity contribution < 1.29 is 18.3 Å². The zero-order chi connectivity index (χ0) is 26.3. The molecule has 37 heavy (non-hydrogen) atoms. The highest BCUT2D eigenvalue weighted by molar-refractivity contribution is 7.11. The molecule has 0 fully saturated rings. The van der Waals surface area contributed by atoms with Gasteiger partial charge in [-0.15, -0.1) is 10.2 Å². The number of halogens is 2. The molecule has 2 aromatic carbocycles. The fourth-order valence-corrected chi connectivity index (χ4v) is 5.28. The fraction of sp³-hybridized carbons (Fsp3) is 0.308. The minimum Gasteiger partial charge on any atom is -0.433 e. The van der Waals surface area contributed by atoms with Crippen LogP contribution in [-0.2, 0) is 6.54 Å². The number of imidazole rings is 1. The molecule has 0 saturated heterocycles. The molecule has 1 aliphatic rings. The lowest BCUT2D eigenvalue weighted by molar-refractivity contribution is -0.0498. The Bertz CT molecular complexity index is 1550. The van der Waals surface area contributed by atoms with Crippen molar-refractivity contribution >= 4 is 28.3 Å². The first-order chi connectivity index (χ1) is 17.8. The molecule has 11 heteroatoms. The van der Waals surface area contributed by atoms with Crippen molar-refractivity contribution in [2.45, 2.75) is 32.5 Å². The average molecular weight is 523 g/mol. The number of hydrogen-bond acceptors (Lipinski definition) is 7. The van der Waals surface area contributed by atoms with Crippen LogP contribution in [0.4, 0.5) is 8.78 Å². The predicted octanol–water partition coefficient (Wildman–Crippen LogP) is 4.48. The molecule has 4 aromatic rings. The molecule has 0 aliphatic carbocycles. The molecule has 3 heterocycles. The predicted molar refractivity (Wildman–Crippen MR) is 136 cm³/mol. The SMILES string of the molecule is CCC1c2nc3ccc(C#Cc4nnc(CN(C)C)s4)cc3n2-c2c(OC(F)F)cccc2C(=O)N1C. The van der Waals surface area contributed by atoms with Gasteiger partial charge in [0.25, 0.3) is 5.91 Å². The third-order valence-electron chi connectivity index (χ3n) is 6.05. The minimum absolute atomic E-state index is 0.0923.